The minimum Gasteiger partial charge on any atom is -0.368 e. The molecular formula is C9H8F3NO4S. The molecule has 3 fully saturated rings. The molecular weight excluding hydrogens is 275 g/mol. The molecule has 3 saturated heterocycles. The maximum atomic E-state index is 13.1. The lowest BCUT2D eigenvalue weighted by atomic mass is 9.72. The second kappa shape index (κ2) is 3.00. The summed E-state index contributed by atoms with van der Waals surface area (Å²) < 4.78 is 70.0. The van der Waals surface area contributed by atoms with Crippen molar-refractivity contribution in [1.82, 2.24) is 0 Å². The second-order valence-electron chi connectivity index (χ2n) is 4.82. The van der Waals surface area contributed by atoms with Gasteiger partial charge < -0.3 is 4.74 Å². The van der Waals surface area contributed by atoms with Crippen LogP contribution in [0.1, 0.15) is 6.92 Å². The molecule has 9 heteroatoms. The molecule has 0 spiro atoms. The van der Waals surface area contributed by atoms with Gasteiger partial charge in [0.2, 0.25) is 4.75 Å². The summed E-state index contributed by atoms with van der Waals surface area (Å²) in [5, 5.41) is 9.03. The zero-order valence-corrected chi connectivity index (χ0v) is 9.83. The summed E-state index contributed by atoms with van der Waals surface area (Å²) in [6, 6.07) is 1.31. The fourth-order valence-corrected chi connectivity index (χ4v) is 5.15. The summed E-state index contributed by atoms with van der Waals surface area (Å²) in [6.45, 7) is 1.44. The van der Waals surface area contributed by atoms with Crippen molar-refractivity contribution in [3.8, 4) is 6.07 Å². The molecule has 6 atom stereocenters. The van der Waals surface area contributed by atoms with Crippen LogP contribution >= 0.6 is 0 Å². The molecule has 0 N–H and O–H groups in total. The van der Waals surface area contributed by atoms with Crippen molar-refractivity contribution >= 4 is 10.1 Å². The number of hydrogen-bond donors (Lipinski definition) is 0. The van der Waals surface area contributed by atoms with E-state index in [0.717, 1.165) is 0 Å². The van der Waals surface area contributed by atoms with Crippen LogP contribution in [0.3, 0.4) is 0 Å². The van der Waals surface area contributed by atoms with Crippen LogP contribution in [0.2, 0.25) is 0 Å². The number of nitriles is 1. The van der Waals surface area contributed by atoms with Gasteiger partial charge in [-0.2, -0.15) is 26.9 Å². The first-order chi connectivity index (χ1) is 8.17. The second-order valence-corrected chi connectivity index (χ2v) is 6.60. The normalized spacial score (nSPS) is 52.5. The molecule has 0 aromatic rings. The SMILES string of the molecule is CC1C2OS(=O)(=O)C3(C#N)C2OC1C3C(F)(F)F. The van der Waals surface area contributed by atoms with Crippen molar-refractivity contribution in [2.24, 2.45) is 11.8 Å². The van der Waals surface area contributed by atoms with Crippen molar-refractivity contribution in [3.05, 3.63) is 0 Å². The van der Waals surface area contributed by atoms with E-state index in [-0.39, 0.29) is 0 Å². The molecule has 0 saturated carbocycles. The zero-order valence-electron chi connectivity index (χ0n) is 9.01. The van der Waals surface area contributed by atoms with Gasteiger partial charge in [-0.3, -0.25) is 4.18 Å². The van der Waals surface area contributed by atoms with Crippen LogP contribution in [0.4, 0.5) is 13.2 Å². The molecule has 100 valence electrons. The number of alkyl halides is 3. The molecule has 0 aromatic carbocycles. The van der Waals surface area contributed by atoms with E-state index >= 15 is 0 Å². The molecule has 3 rings (SSSR count). The predicted molar refractivity (Wildman–Crippen MR) is 49.5 cm³/mol. The minimum absolute atomic E-state index is 0.708. The Morgan fingerprint density at radius 1 is 1.33 bits per heavy atom. The fourth-order valence-electron chi connectivity index (χ4n) is 3.26. The third-order valence-corrected chi connectivity index (χ3v) is 5.91. The topological polar surface area (TPSA) is 76.4 Å². The number of halogens is 3. The molecule has 6 unspecified atom stereocenters. The number of hydrogen-bond acceptors (Lipinski definition) is 5. The van der Waals surface area contributed by atoms with Crippen LogP contribution < -0.4 is 0 Å². The lowest BCUT2D eigenvalue weighted by Gasteiger charge is -2.32. The molecule has 3 heterocycles. The van der Waals surface area contributed by atoms with Crippen LogP contribution in [0.5, 0.6) is 0 Å². The Balaban J connectivity index is 2.27. The van der Waals surface area contributed by atoms with Crippen molar-refractivity contribution in [3.63, 3.8) is 0 Å². The average molecular weight is 283 g/mol. The maximum absolute atomic E-state index is 13.1. The molecule has 3 aliphatic rings. The highest BCUT2D eigenvalue weighted by Crippen LogP contribution is 2.62. The van der Waals surface area contributed by atoms with E-state index in [9.17, 15) is 21.6 Å². The number of rotatable bonds is 0. The van der Waals surface area contributed by atoms with Gasteiger partial charge in [0.15, 0.2) is 0 Å². The van der Waals surface area contributed by atoms with Gasteiger partial charge in [-0.25, -0.2) is 0 Å². The molecule has 0 amide bonds. The summed E-state index contributed by atoms with van der Waals surface area (Å²) in [6.07, 6.45) is -8.50. The summed E-state index contributed by atoms with van der Waals surface area (Å²) in [5.41, 5.74) is 0. The highest BCUT2D eigenvalue weighted by Gasteiger charge is 2.84. The quantitative estimate of drug-likeness (QED) is 0.608. The van der Waals surface area contributed by atoms with Gasteiger partial charge in [-0.1, -0.05) is 6.92 Å². The Hall–Kier alpha value is -0.850. The lowest BCUT2D eigenvalue weighted by Crippen LogP contribution is -2.56. The van der Waals surface area contributed by atoms with E-state index in [1.165, 1.54) is 13.0 Å². The highest BCUT2D eigenvalue weighted by molar-refractivity contribution is 7.88. The smallest absolute Gasteiger partial charge is 0.368 e. The first-order valence-electron chi connectivity index (χ1n) is 5.23. The van der Waals surface area contributed by atoms with Crippen LogP contribution in [-0.2, 0) is 19.0 Å². The third kappa shape index (κ3) is 1.03. The Bertz CT molecular complexity index is 553. The summed E-state index contributed by atoms with van der Waals surface area (Å²) in [5.74, 6) is -3.06. The van der Waals surface area contributed by atoms with Gasteiger partial charge in [0.25, 0.3) is 10.1 Å². The summed E-state index contributed by atoms with van der Waals surface area (Å²) in [4.78, 5) is 0. The molecule has 0 aliphatic carbocycles. The first kappa shape index (κ1) is 12.2. The van der Waals surface area contributed by atoms with Crippen LogP contribution in [0, 0.1) is 23.2 Å². The Morgan fingerprint density at radius 3 is 2.44 bits per heavy atom. The minimum atomic E-state index is -4.82. The zero-order chi connectivity index (χ0) is 13.5. The van der Waals surface area contributed by atoms with E-state index in [0.29, 0.717) is 0 Å². The molecule has 3 aliphatic heterocycles. The van der Waals surface area contributed by atoms with Crippen molar-refractivity contribution in [2.75, 3.05) is 0 Å². The van der Waals surface area contributed by atoms with Gasteiger partial charge >= 0.3 is 6.18 Å². The largest absolute Gasteiger partial charge is 0.397 e. The highest BCUT2D eigenvalue weighted by atomic mass is 32.2. The third-order valence-electron chi connectivity index (χ3n) is 4.03. The number of ether oxygens (including phenoxy) is 1. The van der Waals surface area contributed by atoms with Crippen molar-refractivity contribution in [2.45, 2.75) is 36.2 Å². The average Bonchev–Trinajstić information content (AvgIpc) is 2.76. The standard InChI is InChI=1S/C9H8F3NO4S/c1-3-4-6(9(10,11)12)8(2-13)7(16-4)5(3)17-18(8,14)15/h3-7H,1H3. The van der Waals surface area contributed by atoms with E-state index in [1.807, 2.05) is 0 Å². The summed E-state index contributed by atoms with van der Waals surface area (Å²) >= 11 is 0. The van der Waals surface area contributed by atoms with Crippen molar-refractivity contribution in [1.29, 1.82) is 5.26 Å². The number of fused-ring (bicyclic) bond motifs is 1. The van der Waals surface area contributed by atoms with Gasteiger partial charge in [0.1, 0.15) is 18.1 Å². The lowest BCUT2D eigenvalue weighted by molar-refractivity contribution is -0.193. The van der Waals surface area contributed by atoms with Gasteiger partial charge in [0.05, 0.1) is 12.2 Å². The van der Waals surface area contributed by atoms with Gasteiger partial charge in [-0.15, -0.1) is 0 Å². The van der Waals surface area contributed by atoms with Crippen molar-refractivity contribution < 1.29 is 30.5 Å². The molecule has 5 nitrogen and oxygen atoms in total. The van der Waals surface area contributed by atoms with E-state index < -0.39 is 51.2 Å². The Morgan fingerprint density at radius 2 is 1.94 bits per heavy atom. The van der Waals surface area contributed by atoms with E-state index in [1.54, 1.807) is 0 Å². The monoisotopic (exact) mass is 283 g/mol. The Labute approximate surface area is 101 Å². The maximum Gasteiger partial charge on any atom is 0.397 e. The van der Waals surface area contributed by atoms with Crippen LogP contribution in [0.15, 0.2) is 0 Å². The van der Waals surface area contributed by atoms with E-state index in [4.69, 9.17) is 10.00 Å². The van der Waals surface area contributed by atoms with Crippen LogP contribution in [-0.4, -0.2) is 37.7 Å². The van der Waals surface area contributed by atoms with E-state index in [2.05, 4.69) is 4.18 Å². The van der Waals surface area contributed by atoms with Crippen LogP contribution in [0.25, 0.3) is 0 Å². The Kier molecular flexibility index (Phi) is 2.03. The molecule has 0 radical (unpaired) electrons. The number of nitrogens with zero attached hydrogens (tertiary/aromatic N) is 1. The molecule has 0 aromatic heterocycles. The summed E-state index contributed by atoms with van der Waals surface area (Å²) in [7, 11) is -4.61. The van der Waals surface area contributed by atoms with Gasteiger partial charge in [-0.05, 0) is 0 Å². The predicted octanol–water partition coefficient (Wildman–Crippen LogP) is 0.573. The fraction of sp³-hybridized carbons (Fsp3) is 0.889. The molecule has 18 heavy (non-hydrogen) atoms. The first-order valence-corrected chi connectivity index (χ1v) is 6.64. The van der Waals surface area contributed by atoms with Gasteiger partial charge in [0, 0.05) is 5.92 Å². The molecule has 2 bridgehead atoms.